The van der Waals surface area contributed by atoms with Crippen molar-refractivity contribution >= 4 is 33.3 Å². The Labute approximate surface area is 173 Å². The molecule has 1 saturated heterocycles. The van der Waals surface area contributed by atoms with Crippen LogP contribution in [0.5, 0.6) is 5.88 Å². The molecule has 4 rings (SSSR count). The van der Waals surface area contributed by atoms with Crippen LogP contribution < -0.4 is 10.1 Å². The van der Waals surface area contributed by atoms with E-state index >= 15 is 0 Å². The number of pyridine rings is 1. The summed E-state index contributed by atoms with van der Waals surface area (Å²) in [5.74, 6) is 0.929. The number of thiazole rings is 1. The van der Waals surface area contributed by atoms with Crippen molar-refractivity contribution in [2.45, 2.75) is 18.8 Å². The maximum atomic E-state index is 12.6. The summed E-state index contributed by atoms with van der Waals surface area (Å²) >= 11 is 1.77. The number of rotatable bonds is 6. The first kappa shape index (κ1) is 19.6. The van der Waals surface area contributed by atoms with Crippen LogP contribution in [0, 0.1) is 0 Å². The molecule has 0 bridgehead atoms. The molecule has 152 valence electrons. The molecular weight excluding hydrogens is 388 g/mol. The van der Waals surface area contributed by atoms with Crippen LogP contribution in [0.15, 0.2) is 42.6 Å². The number of nitrogens with zero attached hydrogens (tertiary/aromatic N) is 3. The maximum Gasteiger partial charge on any atom is 0.321 e. The van der Waals surface area contributed by atoms with Gasteiger partial charge in [-0.15, -0.1) is 11.3 Å². The lowest BCUT2D eigenvalue weighted by Gasteiger charge is -2.31. The predicted molar refractivity (Wildman–Crippen MR) is 114 cm³/mol. The smallest absolute Gasteiger partial charge is 0.321 e. The number of fused-ring (bicyclic) bond motifs is 1. The molecule has 0 spiro atoms. The number of ether oxygens (including phenoxy) is 2. The highest BCUT2D eigenvalue weighted by molar-refractivity contribution is 7.18. The molecular formula is C21H24N4O3S. The van der Waals surface area contributed by atoms with E-state index in [2.05, 4.69) is 22.4 Å². The van der Waals surface area contributed by atoms with Gasteiger partial charge in [-0.2, -0.15) is 0 Å². The van der Waals surface area contributed by atoms with E-state index in [1.165, 1.54) is 9.71 Å². The fourth-order valence-corrected chi connectivity index (χ4v) is 4.50. The van der Waals surface area contributed by atoms with E-state index in [0.29, 0.717) is 30.7 Å². The Hall–Kier alpha value is -2.71. The van der Waals surface area contributed by atoms with E-state index in [-0.39, 0.29) is 6.03 Å². The fourth-order valence-electron chi connectivity index (χ4n) is 3.37. The highest BCUT2D eigenvalue weighted by Crippen LogP contribution is 2.33. The first-order chi connectivity index (χ1) is 14.2. The summed E-state index contributed by atoms with van der Waals surface area (Å²) in [6.45, 7) is 2.39. The number of nitrogens with one attached hydrogen (secondary N) is 1. The molecule has 7 nitrogen and oxygen atoms in total. The molecule has 1 N–H and O–H groups in total. The van der Waals surface area contributed by atoms with Gasteiger partial charge in [0.05, 0.1) is 33.7 Å². The van der Waals surface area contributed by atoms with Gasteiger partial charge in [-0.05, 0) is 31.0 Å². The number of methoxy groups -OCH3 is 1. The fraction of sp³-hybridized carbons (Fsp3) is 0.381. The van der Waals surface area contributed by atoms with E-state index < -0.39 is 0 Å². The first-order valence-corrected chi connectivity index (χ1v) is 10.5. The van der Waals surface area contributed by atoms with E-state index in [1.807, 2.05) is 17.0 Å². The Morgan fingerprint density at radius 2 is 2.03 bits per heavy atom. The van der Waals surface area contributed by atoms with Gasteiger partial charge in [-0.1, -0.05) is 12.1 Å². The lowest BCUT2D eigenvalue weighted by Crippen LogP contribution is -2.40. The van der Waals surface area contributed by atoms with E-state index in [9.17, 15) is 4.79 Å². The molecule has 8 heteroatoms. The second-order valence-electron chi connectivity index (χ2n) is 6.94. The van der Waals surface area contributed by atoms with Gasteiger partial charge in [0.2, 0.25) is 5.88 Å². The summed E-state index contributed by atoms with van der Waals surface area (Å²) in [7, 11) is 1.62. The SMILES string of the molecule is COCCOc1ccc(NC(=O)N2CCC(c3nc4ccccc4s3)CC2)cn1. The third-order valence-electron chi connectivity index (χ3n) is 4.97. The monoisotopic (exact) mass is 412 g/mol. The number of aromatic nitrogens is 2. The van der Waals surface area contributed by atoms with Crippen molar-refractivity contribution in [3.63, 3.8) is 0 Å². The molecule has 3 aromatic rings. The van der Waals surface area contributed by atoms with Crippen LogP contribution in [-0.2, 0) is 4.74 Å². The van der Waals surface area contributed by atoms with Gasteiger partial charge in [0.25, 0.3) is 0 Å². The van der Waals surface area contributed by atoms with Gasteiger partial charge in [-0.3, -0.25) is 0 Å². The number of piperidine rings is 1. The Morgan fingerprint density at radius 1 is 1.21 bits per heavy atom. The summed E-state index contributed by atoms with van der Waals surface area (Å²) < 4.78 is 11.6. The van der Waals surface area contributed by atoms with Crippen molar-refractivity contribution in [2.24, 2.45) is 0 Å². The summed E-state index contributed by atoms with van der Waals surface area (Å²) in [6.07, 6.45) is 3.46. The Kier molecular flexibility index (Phi) is 6.21. The van der Waals surface area contributed by atoms with E-state index in [1.54, 1.807) is 36.8 Å². The minimum absolute atomic E-state index is 0.0948. The minimum Gasteiger partial charge on any atom is -0.475 e. The average Bonchev–Trinajstić information content (AvgIpc) is 3.19. The normalized spacial score (nSPS) is 14.9. The molecule has 0 radical (unpaired) electrons. The molecule has 1 aliphatic rings. The average molecular weight is 413 g/mol. The molecule has 0 saturated carbocycles. The molecule has 2 amide bonds. The van der Waals surface area contributed by atoms with Gasteiger partial charge < -0.3 is 19.7 Å². The molecule has 1 aliphatic heterocycles. The number of hydrogen-bond donors (Lipinski definition) is 1. The summed E-state index contributed by atoms with van der Waals surface area (Å²) in [5, 5.41) is 4.09. The number of benzene rings is 1. The Morgan fingerprint density at radius 3 is 2.76 bits per heavy atom. The van der Waals surface area contributed by atoms with Gasteiger partial charge in [-0.25, -0.2) is 14.8 Å². The number of urea groups is 1. The topological polar surface area (TPSA) is 76.6 Å². The quantitative estimate of drug-likeness (QED) is 0.616. The van der Waals surface area contributed by atoms with Crippen LogP contribution in [0.1, 0.15) is 23.8 Å². The van der Waals surface area contributed by atoms with Gasteiger partial charge in [0, 0.05) is 32.2 Å². The van der Waals surface area contributed by atoms with Crippen LogP contribution >= 0.6 is 11.3 Å². The van der Waals surface area contributed by atoms with Crippen molar-refractivity contribution in [3.8, 4) is 5.88 Å². The molecule has 29 heavy (non-hydrogen) atoms. The lowest BCUT2D eigenvalue weighted by molar-refractivity contribution is 0.144. The Bertz CT molecular complexity index is 919. The largest absolute Gasteiger partial charge is 0.475 e. The highest BCUT2D eigenvalue weighted by Gasteiger charge is 2.26. The van der Waals surface area contributed by atoms with E-state index in [0.717, 1.165) is 31.4 Å². The Balaban J connectivity index is 1.28. The van der Waals surface area contributed by atoms with Crippen molar-refractivity contribution in [3.05, 3.63) is 47.6 Å². The van der Waals surface area contributed by atoms with Crippen LogP contribution in [0.25, 0.3) is 10.2 Å². The zero-order valence-electron chi connectivity index (χ0n) is 16.3. The third kappa shape index (κ3) is 4.83. The number of carbonyl (C=O) groups is 1. The number of likely N-dealkylation sites (tertiary alicyclic amines) is 1. The third-order valence-corrected chi connectivity index (χ3v) is 6.17. The number of anilines is 1. The van der Waals surface area contributed by atoms with Gasteiger partial charge in [0.15, 0.2) is 0 Å². The maximum absolute atomic E-state index is 12.6. The summed E-state index contributed by atoms with van der Waals surface area (Å²) in [4.78, 5) is 23.4. The molecule has 1 aromatic carbocycles. The predicted octanol–water partition coefficient (Wildman–Crippen LogP) is 4.13. The van der Waals surface area contributed by atoms with Crippen LogP contribution in [0.2, 0.25) is 0 Å². The van der Waals surface area contributed by atoms with Crippen molar-refractivity contribution < 1.29 is 14.3 Å². The standard InChI is InChI=1S/C21H24N4O3S/c1-27-12-13-28-19-7-6-16(14-22-19)23-21(26)25-10-8-15(9-11-25)20-24-17-4-2-3-5-18(17)29-20/h2-7,14-15H,8-13H2,1H3,(H,23,26). The van der Waals surface area contributed by atoms with Crippen LogP contribution in [-0.4, -0.2) is 54.3 Å². The van der Waals surface area contributed by atoms with Gasteiger partial charge in [0.1, 0.15) is 6.61 Å². The van der Waals surface area contributed by atoms with E-state index in [4.69, 9.17) is 14.5 Å². The molecule has 0 atom stereocenters. The highest BCUT2D eigenvalue weighted by atomic mass is 32.1. The molecule has 0 aliphatic carbocycles. The minimum atomic E-state index is -0.0948. The number of amides is 2. The molecule has 3 heterocycles. The second-order valence-corrected chi connectivity index (χ2v) is 8.00. The molecule has 2 aromatic heterocycles. The van der Waals surface area contributed by atoms with Crippen molar-refractivity contribution in [1.82, 2.24) is 14.9 Å². The number of carbonyl (C=O) groups excluding carboxylic acids is 1. The molecule has 0 unspecified atom stereocenters. The van der Waals surface area contributed by atoms with Crippen molar-refractivity contribution in [1.29, 1.82) is 0 Å². The first-order valence-electron chi connectivity index (χ1n) is 9.72. The zero-order chi connectivity index (χ0) is 20.1. The summed E-state index contributed by atoms with van der Waals surface area (Å²) in [6, 6.07) is 11.7. The molecule has 1 fully saturated rings. The lowest BCUT2D eigenvalue weighted by atomic mass is 9.98. The second kappa shape index (κ2) is 9.19. The zero-order valence-corrected chi connectivity index (χ0v) is 17.2. The van der Waals surface area contributed by atoms with Crippen LogP contribution in [0.4, 0.5) is 10.5 Å². The van der Waals surface area contributed by atoms with Crippen LogP contribution in [0.3, 0.4) is 0 Å². The van der Waals surface area contributed by atoms with Gasteiger partial charge >= 0.3 is 6.03 Å². The van der Waals surface area contributed by atoms with Crippen molar-refractivity contribution in [2.75, 3.05) is 38.7 Å². The number of hydrogen-bond acceptors (Lipinski definition) is 6. The number of para-hydroxylation sites is 1. The summed E-state index contributed by atoms with van der Waals surface area (Å²) in [5.41, 5.74) is 1.72.